The molecule has 1 N–H and O–H groups in total. The van der Waals surface area contributed by atoms with E-state index in [-0.39, 0.29) is 29.4 Å². The lowest BCUT2D eigenvalue weighted by Crippen LogP contribution is -2.53. The molecule has 1 saturated carbocycles. The Morgan fingerprint density at radius 3 is 2.34 bits per heavy atom. The molecule has 4 rings (SSSR count). The van der Waals surface area contributed by atoms with Crippen molar-refractivity contribution in [2.24, 2.45) is 0 Å². The minimum Gasteiger partial charge on any atom is -0.352 e. The van der Waals surface area contributed by atoms with E-state index in [9.17, 15) is 14.0 Å². The number of nitrogens with zero attached hydrogens (tertiary/aromatic N) is 1. The van der Waals surface area contributed by atoms with Crippen LogP contribution >= 0.6 is 11.8 Å². The molecule has 200 valence electrons. The molecule has 1 aliphatic carbocycles. The van der Waals surface area contributed by atoms with Gasteiger partial charge in [-0.2, -0.15) is 0 Å². The van der Waals surface area contributed by atoms with Crippen molar-refractivity contribution in [1.29, 1.82) is 0 Å². The topological polar surface area (TPSA) is 49.4 Å². The van der Waals surface area contributed by atoms with E-state index >= 15 is 0 Å². The molecule has 6 heteroatoms. The van der Waals surface area contributed by atoms with Crippen LogP contribution in [0.3, 0.4) is 0 Å². The SMILES string of the molecule is Cc1cccc(CN(C(=O)CSCc2ccc(F)cc2)[C@H](Cc2ccccc2)C(=O)NC2CCCCC2)c1. The highest BCUT2D eigenvalue weighted by Crippen LogP contribution is 2.21. The summed E-state index contributed by atoms with van der Waals surface area (Å²) in [5, 5.41) is 3.28. The molecular formula is C32H37FN2O2S. The molecule has 0 saturated heterocycles. The number of nitrogens with one attached hydrogen (secondary N) is 1. The maximum absolute atomic E-state index is 13.8. The molecule has 0 aromatic heterocycles. The van der Waals surface area contributed by atoms with Crippen LogP contribution in [0, 0.1) is 12.7 Å². The number of thioether (sulfide) groups is 1. The van der Waals surface area contributed by atoms with Crippen molar-refractivity contribution in [2.45, 2.75) is 69.8 Å². The Morgan fingerprint density at radius 1 is 0.921 bits per heavy atom. The fourth-order valence-corrected chi connectivity index (χ4v) is 5.90. The normalized spacial score (nSPS) is 14.6. The van der Waals surface area contributed by atoms with Crippen LogP contribution in [0.5, 0.6) is 0 Å². The van der Waals surface area contributed by atoms with Crippen molar-refractivity contribution in [3.63, 3.8) is 0 Å². The molecule has 0 aliphatic heterocycles. The van der Waals surface area contributed by atoms with Crippen molar-refractivity contribution in [2.75, 3.05) is 5.75 Å². The summed E-state index contributed by atoms with van der Waals surface area (Å²) < 4.78 is 13.3. The lowest BCUT2D eigenvalue weighted by Gasteiger charge is -2.33. The number of hydrogen-bond acceptors (Lipinski definition) is 3. The molecule has 0 spiro atoms. The maximum atomic E-state index is 13.8. The number of benzene rings is 3. The fourth-order valence-electron chi connectivity index (χ4n) is 5.03. The van der Waals surface area contributed by atoms with Crippen LogP contribution in [-0.2, 0) is 28.3 Å². The molecule has 0 bridgehead atoms. The third-order valence-corrected chi connectivity index (χ3v) is 8.05. The number of carbonyl (C=O) groups excluding carboxylic acids is 2. The summed E-state index contributed by atoms with van der Waals surface area (Å²) in [7, 11) is 0. The third kappa shape index (κ3) is 8.45. The second-order valence-electron chi connectivity index (χ2n) is 10.2. The van der Waals surface area contributed by atoms with E-state index in [0.717, 1.165) is 47.9 Å². The first-order valence-electron chi connectivity index (χ1n) is 13.5. The minimum absolute atomic E-state index is 0.0710. The summed E-state index contributed by atoms with van der Waals surface area (Å²) in [6.45, 7) is 2.40. The number of hydrogen-bond donors (Lipinski definition) is 1. The summed E-state index contributed by atoms with van der Waals surface area (Å²) in [4.78, 5) is 29.3. The van der Waals surface area contributed by atoms with Crippen molar-refractivity contribution in [3.8, 4) is 0 Å². The minimum atomic E-state index is -0.612. The second-order valence-corrected chi connectivity index (χ2v) is 11.2. The first kappa shape index (κ1) is 27.9. The van der Waals surface area contributed by atoms with Crippen LogP contribution in [0.2, 0.25) is 0 Å². The zero-order chi connectivity index (χ0) is 26.7. The third-order valence-electron chi connectivity index (χ3n) is 7.07. The highest BCUT2D eigenvalue weighted by Gasteiger charge is 2.31. The van der Waals surface area contributed by atoms with Crippen LogP contribution in [0.4, 0.5) is 4.39 Å². The Kier molecular flexibility index (Phi) is 10.4. The van der Waals surface area contributed by atoms with Gasteiger partial charge >= 0.3 is 0 Å². The molecular weight excluding hydrogens is 495 g/mol. The smallest absolute Gasteiger partial charge is 0.243 e. The Morgan fingerprint density at radius 2 is 1.63 bits per heavy atom. The molecule has 0 radical (unpaired) electrons. The van der Waals surface area contributed by atoms with Crippen molar-refractivity contribution in [1.82, 2.24) is 10.2 Å². The summed E-state index contributed by atoms with van der Waals surface area (Å²) in [5.41, 5.74) is 4.11. The molecule has 0 heterocycles. The van der Waals surface area contributed by atoms with Gasteiger partial charge in [0.15, 0.2) is 0 Å². The summed E-state index contributed by atoms with van der Waals surface area (Å²) in [6, 6.07) is 23.9. The van der Waals surface area contributed by atoms with Crippen LogP contribution in [0.25, 0.3) is 0 Å². The van der Waals surface area contributed by atoms with Gasteiger partial charge < -0.3 is 10.2 Å². The van der Waals surface area contributed by atoms with Gasteiger partial charge in [-0.15, -0.1) is 11.8 Å². The summed E-state index contributed by atoms with van der Waals surface area (Å²) in [6.07, 6.45) is 5.90. The van der Waals surface area contributed by atoms with Gasteiger partial charge in [-0.1, -0.05) is 91.6 Å². The first-order chi connectivity index (χ1) is 18.5. The van der Waals surface area contributed by atoms with Crippen molar-refractivity contribution in [3.05, 3.63) is 107 Å². The van der Waals surface area contributed by atoms with E-state index in [1.165, 1.54) is 30.3 Å². The molecule has 4 nitrogen and oxygen atoms in total. The molecule has 3 aromatic carbocycles. The molecule has 3 aromatic rings. The monoisotopic (exact) mass is 532 g/mol. The molecule has 0 unspecified atom stereocenters. The average Bonchev–Trinajstić information content (AvgIpc) is 2.93. The van der Waals surface area contributed by atoms with Gasteiger partial charge in [-0.3, -0.25) is 9.59 Å². The van der Waals surface area contributed by atoms with Crippen molar-refractivity contribution < 1.29 is 14.0 Å². The van der Waals surface area contributed by atoms with Gasteiger partial charge in [-0.25, -0.2) is 4.39 Å². The lowest BCUT2D eigenvalue weighted by atomic mass is 9.94. The highest BCUT2D eigenvalue weighted by atomic mass is 32.2. The molecule has 1 fully saturated rings. The Balaban J connectivity index is 1.56. The first-order valence-corrected chi connectivity index (χ1v) is 14.6. The van der Waals surface area contributed by atoms with Gasteiger partial charge in [0.05, 0.1) is 5.75 Å². The van der Waals surface area contributed by atoms with E-state index < -0.39 is 6.04 Å². The average molecular weight is 533 g/mol. The van der Waals surface area contributed by atoms with Gasteiger partial charge in [0, 0.05) is 24.8 Å². The number of rotatable bonds is 11. The van der Waals surface area contributed by atoms with E-state index in [4.69, 9.17) is 0 Å². The quantitative estimate of drug-likeness (QED) is 0.309. The van der Waals surface area contributed by atoms with Crippen LogP contribution in [0.15, 0.2) is 78.9 Å². The molecule has 1 aliphatic rings. The standard InChI is InChI=1S/C32H37FN2O2S/c1-24-9-8-12-27(19-24)21-35(31(36)23-38-22-26-15-17-28(33)18-16-26)30(20-25-10-4-2-5-11-25)32(37)34-29-13-6-3-7-14-29/h2,4-5,8-12,15-19,29-30H,3,6-7,13-14,20-23H2,1H3,(H,34,37)/t30-/m1/s1. The van der Waals surface area contributed by atoms with Gasteiger partial charge in [0.25, 0.3) is 0 Å². The summed E-state index contributed by atoms with van der Waals surface area (Å²) in [5.74, 6) is 0.420. The highest BCUT2D eigenvalue weighted by molar-refractivity contribution is 7.99. The molecule has 2 amide bonds. The van der Waals surface area contributed by atoms with Crippen molar-refractivity contribution >= 4 is 23.6 Å². The van der Waals surface area contributed by atoms with Crippen LogP contribution in [0.1, 0.15) is 54.4 Å². The van der Waals surface area contributed by atoms with E-state index in [0.29, 0.717) is 18.7 Å². The van der Waals surface area contributed by atoms with E-state index in [1.54, 1.807) is 17.0 Å². The maximum Gasteiger partial charge on any atom is 0.243 e. The zero-order valence-electron chi connectivity index (χ0n) is 22.1. The Bertz CT molecular complexity index is 1180. The van der Waals surface area contributed by atoms with Gasteiger partial charge in [0.1, 0.15) is 11.9 Å². The molecule has 38 heavy (non-hydrogen) atoms. The number of amides is 2. The number of carbonyl (C=O) groups is 2. The fraction of sp³-hybridized carbons (Fsp3) is 0.375. The lowest BCUT2D eigenvalue weighted by molar-refractivity contribution is -0.139. The van der Waals surface area contributed by atoms with Crippen LogP contribution < -0.4 is 5.32 Å². The van der Waals surface area contributed by atoms with Crippen LogP contribution in [-0.4, -0.2) is 34.6 Å². The van der Waals surface area contributed by atoms with E-state index in [2.05, 4.69) is 11.4 Å². The molecule has 1 atom stereocenters. The number of halogens is 1. The van der Waals surface area contributed by atoms with Gasteiger partial charge in [-0.05, 0) is 48.6 Å². The Hall–Kier alpha value is -3.12. The predicted molar refractivity (Wildman–Crippen MR) is 153 cm³/mol. The zero-order valence-corrected chi connectivity index (χ0v) is 22.9. The summed E-state index contributed by atoms with van der Waals surface area (Å²) >= 11 is 1.49. The Labute approximate surface area is 230 Å². The predicted octanol–water partition coefficient (Wildman–Crippen LogP) is 6.46. The largest absolute Gasteiger partial charge is 0.352 e. The number of aryl methyl sites for hydroxylation is 1. The second kappa shape index (κ2) is 14.1. The van der Waals surface area contributed by atoms with E-state index in [1.807, 2.05) is 55.5 Å². The van der Waals surface area contributed by atoms with Gasteiger partial charge in [0.2, 0.25) is 11.8 Å².